The Morgan fingerprint density at radius 3 is 2.71 bits per heavy atom. The fourth-order valence-corrected chi connectivity index (χ4v) is 1.48. The Kier molecular flexibility index (Phi) is 4.47. The molecule has 1 rings (SSSR count). The lowest BCUT2D eigenvalue weighted by Crippen LogP contribution is -2.33. The average Bonchev–Trinajstić information content (AvgIpc) is 2.27. The highest BCUT2D eigenvalue weighted by Crippen LogP contribution is 2.17. The largest absolute Gasteiger partial charge is 0.380 e. The minimum absolute atomic E-state index is 0.317. The number of nitriles is 1. The second kappa shape index (κ2) is 5.65. The van der Waals surface area contributed by atoms with E-state index in [2.05, 4.69) is 5.32 Å². The van der Waals surface area contributed by atoms with Crippen molar-refractivity contribution in [3.63, 3.8) is 0 Å². The summed E-state index contributed by atoms with van der Waals surface area (Å²) in [5, 5.41) is 11.6. The predicted molar refractivity (Wildman–Crippen MR) is 65.3 cm³/mol. The molecule has 17 heavy (non-hydrogen) atoms. The summed E-state index contributed by atoms with van der Waals surface area (Å²) in [6.07, 6.45) is 0. The first kappa shape index (κ1) is 13.5. The van der Waals surface area contributed by atoms with Crippen molar-refractivity contribution in [3.05, 3.63) is 29.6 Å². The van der Waals surface area contributed by atoms with Gasteiger partial charge in [0.2, 0.25) is 0 Å². The van der Waals surface area contributed by atoms with Crippen molar-refractivity contribution in [2.45, 2.75) is 26.4 Å². The quantitative estimate of drug-likeness (QED) is 0.855. The highest BCUT2D eigenvalue weighted by atomic mass is 19.1. The second-order valence-corrected chi connectivity index (χ2v) is 4.35. The van der Waals surface area contributed by atoms with Gasteiger partial charge < -0.3 is 10.1 Å². The van der Waals surface area contributed by atoms with E-state index in [9.17, 15) is 4.39 Å². The number of anilines is 1. The Morgan fingerprint density at radius 2 is 2.18 bits per heavy atom. The van der Waals surface area contributed by atoms with Crippen molar-refractivity contribution < 1.29 is 9.13 Å². The molecule has 1 aromatic rings. The first-order valence-corrected chi connectivity index (χ1v) is 5.56. The molecule has 0 aliphatic heterocycles. The zero-order chi connectivity index (χ0) is 12.9. The minimum Gasteiger partial charge on any atom is -0.380 e. The molecule has 0 atom stereocenters. The summed E-state index contributed by atoms with van der Waals surface area (Å²) < 4.78 is 19.0. The lowest BCUT2D eigenvalue weighted by Gasteiger charge is -2.25. The van der Waals surface area contributed by atoms with E-state index in [0.29, 0.717) is 24.4 Å². The Bertz CT molecular complexity index is 424. The number of nitrogens with one attached hydrogen (secondary N) is 1. The lowest BCUT2D eigenvalue weighted by atomic mass is 10.1. The molecule has 1 N–H and O–H groups in total. The van der Waals surface area contributed by atoms with E-state index < -0.39 is 5.82 Å². The van der Waals surface area contributed by atoms with Crippen LogP contribution in [0, 0.1) is 17.1 Å². The predicted octanol–water partition coefficient (Wildman–Crippen LogP) is 2.92. The van der Waals surface area contributed by atoms with Crippen LogP contribution in [0.1, 0.15) is 26.3 Å². The van der Waals surface area contributed by atoms with Crippen molar-refractivity contribution in [2.24, 2.45) is 0 Å². The molecule has 0 aliphatic carbocycles. The van der Waals surface area contributed by atoms with Crippen LogP contribution in [0.2, 0.25) is 0 Å². The minimum atomic E-state index is -0.420. The van der Waals surface area contributed by atoms with E-state index in [0.717, 1.165) is 0 Å². The van der Waals surface area contributed by atoms with E-state index in [-0.39, 0.29) is 5.60 Å². The van der Waals surface area contributed by atoms with Crippen LogP contribution in [0.4, 0.5) is 10.1 Å². The molecule has 0 bridgehead atoms. The van der Waals surface area contributed by atoms with Gasteiger partial charge >= 0.3 is 0 Å². The summed E-state index contributed by atoms with van der Waals surface area (Å²) in [7, 11) is 0. The standard InChI is InChI=1S/C13H17FN2O/c1-4-17-13(2,3)9-16-12-6-5-10(8-15)7-11(12)14/h5-7,16H,4,9H2,1-3H3. The summed E-state index contributed by atoms with van der Waals surface area (Å²) in [6, 6.07) is 6.26. The summed E-state index contributed by atoms with van der Waals surface area (Å²) in [6.45, 7) is 6.91. The van der Waals surface area contributed by atoms with Gasteiger partial charge in [0.1, 0.15) is 5.82 Å². The third-order valence-electron chi connectivity index (χ3n) is 2.34. The molecule has 3 nitrogen and oxygen atoms in total. The fourth-order valence-electron chi connectivity index (χ4n) is 1.48. The molecule has 0 heterocycles. The molecular weight excluding hydrogens is 219 g/mol. The zero-order valence-electron chi connectivity index (χ0n) is 10.4. The van der Waals surface area contributed by atoms with E-state index in [1.165, 1.54) is 6.07 Å². The van der Waals surface area contributed by atoms with Gasteiger partial charge in [0.25, 0.3) is 0 Å². The molecule has 1 aromatic carbocycles. The number of benzene rings is 1. The van der Waals surface area contributed by atoms with Crippen LogP contribution in [0.15, 0.2) is 18.2 Å². The Morgan fingerprint density at radius 1 is 1.47 bits per heavy atom. The highest BCUT2D eigenvalue weighted by molar-refractivity contribution is 5.48. The molecule has 92 valence electrons. The molecule has 0 radical (unpaired) electrons. The fraction of sp³-hybridized carbons (Fsp3) is 0.462. The number of halogens is 1. The van der Waals surface area contributed by atoms with E-state index in [1.807, 2.05) is 26.8 Å². The maximum Gasteiger partial charge on any atom is 0.147 e. The molecule has 0 fully saturated rings. The maximum atomic E-state index is 13.5. The van der Waals surface area contributed by atoms with Gasteiger partial charge in [-0.05, 0) is 39.0 Å². The average molecular weight is 236 g/mol. The highest BCUT2D eigenvalue weighted by Gasteiger charge is 2.17. The molecule has 0 aliphatic rings. The van der Waals surface area contributed by atoms with Gasteiger partial charge in [-0.2, -0.15) is 5.26 Å². The molecule has 0 spiro atoms. The van der Waals surface area contributed by atoms with Crippen molar-refractivity contribution in [1.29, 1.82) is 5.26 Å². The summed E-state index contributed by atoms with van der Waals surface area (Å²) >= 11 is 0. The van der Waals surface area contributed by atoms with Gasteiger partial charge in [0, 0.05) is 13.2 Å². The summed E-state index contributed by atoms with van der Waals surface area (Å²) in [4.78, 5) is 0. The van der Waals surface area contributed by atoms with E-state index in [1.54, 1.807) is 12.1 Å². The van der Waals surface area contributed by atoms with Gasteiger partial charge in [-0.3, -0.25) is 0 Å². The third-order valence-corrected chi connectivity index (χ3v) is 2.34. The molecule has 0 amide bonds. The number of hydrogen-bond donors (Lipinski definition) is 1. The van der Waals surface area contributed by atoms with Crippen LogP contribution >= 0.6 is 0 Å². The van der Waals surface area contributed by atoms with Crippen LogP contribution in [0.3, 0.4) is 0 Å². The zero-order valence-corrected chi connectivity index (χ0v) is 10.4. The molecular formula is C13H17FN2O. The number of rotatable bonds is 5. The maximum absolute atomic E-state index is 13.5. The third kappa shape index (κ3) is 4.04. The topological polar surface area (TPSA) is 45.0 Å². The van der Waals surface area contributed by atoms with Crippen molar-refractivity contribution in [3.8, 4) is 6.07 Å². The smallest absolute Gasteiger partial charge is 0.147 e. The normalized spacial score (nSPS) is 11.0. The van der Waals surface area contributed by atoms with Crippen LogP contribution in [0.25, 0.3) is 0 Å². The van der Waals surface area contributed by atoms with E-state index >= 15 is 0 Å². The van der Waals surface area contributed by atoms with Crippen LogP contribution < -0.4 is 5.32 Å². The number of nitrogens with zero attached hydrogens (tertiary/aromatic N) is 1. The molecule has 0 unspecified atom stereocenters. The van der Waals surface area contributed by atoms with Crippen LogP contribution in [0.5, 0.6) is 0 Å². The monoisotopic (exact) mass is 236 g/mol. The van der Waals surface area contributed by atoms with Gasteiger partial charge in [0.05, 0.1) is 22.9 Å². The SMILES string of the molecule is CCOC(C)(C)CNc1ccc(C#N)cc1F. The number of ether oxygens (including phenoxy) is 1. The van der Waals surface area contributed by atoms with Crippen LogP contribution in [-0.4, -0.2) is 18.8 Å². The first-order valence-electron chi connectivity index (χ1n) is 5.56. The van der Waals surface area contributed by atoms with Gasteiger partial charge in [-0.1, -0.05) is 0 Å². The summed E-state index contributed by atoms with van der Waals surface area (Å²) in [5.74, 6) is -0.420. The van der Waals surface area contributed by atoms with Crippen molar-refractivity contribution in [2.75, 3.05) is 18.5 Å². The Hall–Kier alpha value is -1.60. The first-order chi connectivity index (χ1) is 7.98. The summed E-state index contributed by atoms with van der Waals surface area (Å²) in [5.41, 5.74) is 0.351. The van der Waals surface area contributed by atoms with Crippen molar-refractivity contribution >= 4 is 5.69 Å². The van der Waals surface area contributed by atoms with E-state index in [4.69, 9.17) is 10.00 Å². The Labute approximate surface area is 101 Å². The van der Waals surface area contributed by atoms with Gasteiger partial charge in [-0.15, -0.1) is 0 Å². The van der Waals surface area contributed by atoms with Gasteiger partial charge in [0.15, 0.2) is 0 Å². The molecule has 4 heteroatoms. The second-order valence-electron chi connectivity index (χ2n) is 4.35. The van der Waals surface area contributed by atoms with Crippen LogP contribution in [-0.2, 0) is 4.74 Å². The molecule has 0 saturated heterocycles. The van der Waals surface area contributed by atoms with Crippen molar-refractivity contribution in [1.82, 2.24) is 0 Å². The lowest BCUT2D eigenvalue weighted by molar-refractivity contribution is 0.000663. The van der Waals surface area contributed by atoms with Gasteiger partial charge in [-0.25, -0.2) is 4.39 Å². The Balaban J connectivity index is 2.67. The molecule has 0 aromatic heterocycles. The molecule has 0 saturated carbocycles. The number of hydrogen-bond acceptors (Lipinski definition) is 3.